The maximum absolute atomic E-state index is 13.4. The highest BCUT2D eigenvalue weighted by molar-refractivity contribution is 7.99. The number of benzene rings is 3. The number of hydrazine groups is 1. The van der Waals surface area contributed by atoms with Gasteiger partial charge in [0.25, 0.3) is 11.5 Å². The monoisotopic (exact) mass is 458 g/mol. The smallest absolute Gasteiger partial charge is 0.269 e. The average molecular weight is 459 g/mol. The number of para-hydroxylation sites is 1. The number of hydrogen-bond donors (Lipinski definition) is 2. The number of fused-ring (bicyclic) bond motifs is 1. The van der Waals surface area contributed by atoms with Gasteiger partial charge in [0.2, 0.25) is 5.91 Å². The molecule has 33 heavy (non-hydrogen) atoms. The van der Waals surface area contributed by atoms with Gasteiger partial charge in [-0.15, -0.1) is 0 Å². The summed E-state index contributed by atoms with van der Waals surface area (Å²) in [4.78, 5) is 42.6. The van der Waals surface area contributed by atoms with Crippen molar-refractivity contribution in [2.45, 2.75) is 19.0 Å². The van der Waals surface area contributed by atoms with Crippen molar-refractivity contribution in [1.82, 2.24) is 20.4 Å². The van der Waals surface area contributed by atoms with E-state index in [0.717, 1.165) is 28.6 Å². The minimum Gasteiger partial charge on any atom is -0.272 e. The Morgan fingerprint density at radius 3 is 2.45 bits per heavy atom. The first-order valence-corrected chi connectivity index (χ1v) is 11.3. The van der Waals surface area contributed by atoms with Crippen LogP contribution in [0.3, 0.4) is 0 Å². The molecule has 7 nitrogen and oxygen atoms in total. The highest BCUT2D eigenvalue weighted by Crippen LogP contribution is 2.23. The Bertz CT molecular complexity index is 1400. The summed E-state index contributed by atoms with van der Waals surface area (Å²) >= 11 is 1.13. The zero-order valence-corrected chi connectivity index (χ0v) is 19.0. The van der Waals surface area contributed by atoms with E-state index < -0.39 is 11.8 Å². The van der Waals surface area contributed by atoms with Gasteiger partial charge in [0.15, 0.2) is 5.16 Å². The number of rotatable bonds is 5. The molecule has 0 aliphatic rings. The summed E-state index contributed by atoms with van der Waals surface area (Å²) in [5.74, 6) is -0.866. The van der Waals surface area contributed by atoms with Crippen LogP contribution in [0.2, 0.25) is 0 Å². The number of amides is 2. The van der Waals surface area contributed by atoms with Crippen LogP contribution in [0.25, 0.3) is 16.6 Å². The lowest BCUT2D eigenvalue weighted by Gasteiger charge is -2.16. The molecular weight excluding hydrogens is 436 g/mol. The van der Waals surface area contributed by atoms with Crippen LogP contribution >= 0.6 is 11.8 Å². The molecule has 3 aromatic carbocycles. The zero-order valence-electron chi connectivity index (χ0n) is 18.2. The standard InChI is InChI=1S/C25H22N4O3S/c1-16-12-13-17(2)21(14-16)29-24(32)19-10-6-7-11-20(19)26-25(29)33-15-22(30)27-28-23(31)18-8-4-3-5-9-18/h3-14H,15H2,1-2H3,(H,27,30)(H,28,31). The van der Waals surface area contributed by atoms with E-state index in [1.807, 2.05) is 38.1 Å². The van der Waals surface area contributed by atoms with Crippen molar-refractivity contribution in [1.29, 1.82) is 0 Å². The second-order valence-electron chi connectivity index (χ2n) is 7.50. The Morgan fingerprint density at radius 1 is 0.939 bits per heavy atom. The van der Waals surface area contributed by atoms with Gasteiger partial charge in [-0.3, -0.25) is 29.8 Å². The molecule has 166 valence electrons. The van der Waals surface area contributed by atoms with Crippen molar-refractivity contribution in [3.63, 3.8) is 0 Å². The van der Waals surface area contributed by atoms with Crippen LogP contribution in [0.4, 0.5) is 0 Å². The van der Waals surface area contributed by atoms with Gasteiger partial charge in [-0.05, 0) is 55.3 Å². The molecule has 8 heteroatoms. The third kappa shape index (κ3) is 4.96. The van der Waals surface area contributed by atoms with Crippen molar-refractivity contribution in [2.24, 2.45) is 0 Å². The van der Waals surface area contributed by atoms with E-state index in [-0.39, 0.29) is 11.3 Å². The zero-order chi connectivity index (χ0) is 23.4. The van der Waals surface area contributed by atoms with E-state index in [2.05, 4.69) is 15.8 Å². The Hall–Kier alpha value is -3.91. The van der Waals surface area contributed by atoms with Gasteiger partial charge in [0.1, 0.15) is 0 Å². The molecule has 2 amide bonds. The Labute approximate surface area is 194 Å². The second-order valence-corrected chi connectivity index (χ2v) is 8.44. The summed E-state index contributed by atoms with van der Waals surface area (Å²) in [5, 5.41) is 0.902. The van der Waals surface area contributed by atoms with Crippen LogP contribution in [0.5, 0.6) is 0 Å². The maximum atomic E-state index is 13.4. The Kier molecular flexibility index (Phi) is 6.55. The number of aryl methyl sites for hydroxylation is 2. The van der Waals surface area contributed by atoms with Gasteiger partial charge in [0, 0.05) is 5.56 Å². The summed E-state index contributed by atoms with van der Waals surface area (Å²) in [7, 11) is 0. The fraction of sp³-hybridized carbons (Fsp3) is 0.120. The SMILES string of the molecule is Cc1ccc(C)c(-n2c(SCC(=O)NNC(=O)c3ccccc3)nc3ccccc3c2=O)c1. The minimum atomic E-state index is -0.417. The molecule has 1 aromatic heterocycles. The maximum Gasteiger partial charge on any atom is 0.269 e. The number of nitrogens with one attached hydrogen (secondary N) is 2. The number of nitrogens with zero attached hydrogens (tertiary/aromatic N) is 2. The molecule has 0 spiro atoms. The summed E-state index contributed by atoms with van der Waals surface area (Å²) in [6.45, 7) is 3.88. The number of carbonyl (C=O) groups excluding carboxylic acids is 2. The third-order valence-electron chi connectivity index (χ3n) is 5.03. The van der Waals surface area contributed by atoms with Crippen LogP contribution in [-0.4, -0.2) is 27.1 Å². The van der Waals surface area contributed by atoms with Crippen LogP contribution in [0.1, 0.15) is 21.5 Å². The highest BCUT2D eigenvalue weighted by Gasteiger charge is 2.16. The van der Waals surface area contributed by atoms with Crippen molar-refractivity contribution in [2.75, 3.05) is 5.75 Å². The molecule has 0 unspecified atom stereocenters. The molecule has 0 saturated carbocycles. The number of carbonyl (C=O) groups is 2. The van der Waals surface area contributed by atoms with Crippen molar-refractivity contribution in [3.05, 3.63) is 99.8 Å². The molecular formula is C25H22N4O3S. The predicted molar refractivity (Wildman–Crippen MR) is 130 cm³/mol. The van der Waals surface area contributed by atoms with Gasteiger partial charge >= 0.3 is 0 Å². The molecule has 0 atom stereocenters. The van der Waals surface area contributed by atoms with Crippen LogP contribution < -0.4 is 16.4 Å². The van der Waals surface area contributed by atoms with E-state index >= 15 is 0 Å². The van der Waals surface area contributed by atoms with Gasteiger partial charge in [-0.25, -0.2) is 4.98 Å². The molecule has 4 rings (SSSR count). The lowest BCUT2D eigenvalue weighted by molar-refractivity contribution is -0.119. The van der Waals surface area contributed by atoms with E-state index in [1.165, 1.54) is 0 Å². The quantitative estimate of drug-likeness (QED) is 0.271. The van der Waals surface area contributed by atoms with Gasteiger partial charge in [-0.2, -0.15) is 0 Å². The van der Waals surface area contributed by atoms with Crippen LogP contribution in [0.15, 0.2) is 82.7 Å². The lowest BCUT2D eigenvalue weighted by atomic mass is 10.1. The molecule has 0 saturated heterocycles. The second kappa shape index (κ2) is 9.70. The lowest BCUT2D eigenvalue weighted by Crippen LogP contribution is -2.42. The summed E-state index contributed by atoms with van der Waals surface area (Å²) in [5.41, 5.74) is 8.25. The first kappa shape index (κ1) is 22.3. The van der Waals surface area contributed by atoms with E-state index in [1.54, 1.807) is 53.1 Å². The Morgan fingerprint density at radius 2 is 1.67 bits per heavy atom. The highest BCUT2D eigenvalue weighted by atomic mass is 32.2. The molecule has 1 heterocycles. The third-order valence-corrected chi connectivity index (χ3v) is 5.97. The van der Waals surface area contributed by atoms with E-state index in [9.17, 15) is 14.4 Å². The molecule has 0 fully saturated rings. The van der Waals surface area contributed by atoms with Crippen molar-refractivity contribution < 1.29 is 9.59 Å². The van der Waals surface area contributed by atoms with Crippen LogP contribution in [0, 0.1) is 13.8 Å². The largest absolute Gasteiger partial charge is 0.272 e. The molecule has 2 N–H and O–H groups in total. The first-order chi connectivity index (χ1) is 15.9. The fourth-order valence-corrected chi connectivity index (χ4v) is 4.14. The van der Waals surface area contributed by atoms with Gasteiger partial charge in [0.05, 0.1) is 22.3 Å². The molecule has 0 aliphatic heterocycles. The van der Waals surface area contributed by atoms with E-state index in [4.69, 9.17) is 0 Å². The molecule has 0 aliphatic carbocycles. The average Bonchev–Trinajstić information content (AvgIpc) is 2.83. The summed E-state index contributed by atoms with van der Waals surface area (Å²) in [6.07, 6.45) is 0. The fourth-order valence-electron chi connectivity index (χ4n) is 3.34. The van der Waals surface area contributed by atoms with Gasteiger partial charge < -0.3 is 0 Å². The molecule has 4 aromatic rings. The van der Waals surface area contributed by atoms with E-state index in [0.29, 0.717) is 21.6 Å². The number of thioether (sulfide) groups is 1. The number of aromatic nitrogens is 2. The van der Waals surface area contributed by atoms with Crippen molar-refractivity contribution >= 4 is 34.5 Å². The van der Waals surface area contributed by atoms with Crippen LogP contribution in [-0.2, 0) is 4.79 Å². The normalized spacial score (nSPS) is 10.7. The Balaban J connectivity index is 1.59. The molecule has 0 bridgehead atoms. The summed E-state index contributed by atoms with van der Waals surface area (Å²) < 4.78 is 1.55. The first-order valence-electron chi connectivity index (χ1n) is 10.3. The summed E-state index contributed by atoms with van der Waals surface area (Å²) in [6, 6.07) is 21.6. The number of hydrogen-bond acceptors (Lipinski definition) is 5. The van der Waals surface area contributed by atoms with Crippen molar-refractivity contribution in [3.8, 4) is 5.69 Å². The van der Waals surface area contributed by atoms with Gasteiger partial charge in [-0.1, -0.05) is 54.2 Å². The molecule has 0 radical (unpaired) electrons. The predicted octanol–water partition coefficient (Wildman–Crippen LogP) is 3.56. The minimum absolute atomic E-state index is 0.0370. The topological polar surface area (TPSA) is 93.1 Å².